The molecule has 2 unspecified atom stereocenters. The SMILES string of the molecule is CCCC(CCC)NCC(O)COc1cccc2c1C/C=C\C=C/C(C)N2. The minimum Gasteiger partial charge on any atom is -0.490 e. The van der Waals surface area contributed by atoms with Gasteiger partial charge in [-0.25, -0.2) is 0 Å². The van der Waals surface area contributed by atoms with E-state index in [1.807, 2.05) is 12.1 Å². The van der Waals surface area contributed by atoms with Crippen molar-refractivity contribution >= 4 is 5.69 Å². The van der Waals surface area contributed by atoms with E-state index in [9.17, 15) is 5.11 Å². The molecule has 0 bridgehead atoms. The molecule has 1 aromatic carbocycles. The van der Waals surface area contributed by atoms with Crippen LogP contribution in [0.15, 0.2) is 42.5 Å². The summed E-state index contributed by atoms with van der Waals surface area (Å²) in [4.78, 5) is 0. The van der Waals surface area contributed by atoms with Crippen LogP contribution < -0.4 is 15.4 Å². The normalized spacial score (nSPS) is 20.0. The average Bonchev–Trinajstić information content (AvgIpc) is 2.74. The molecule has 27 heavy (non-hydrogen) atoms. The summed E-state index contributed by atoms with van der Waals surface area (Å²) < 4.78 is 6.01. The van der Waals surface area contributed by atoms with Crippen molar-refractivity contribution in [3.63, 3.8) is 0 Å². The van der Waals surface area contributed by atoms with Crippen LogP contribution in [0, 0.1) is 0 Å². The standard InChI is InChI=1S/C23H36N2O2/c1-4-10-19(11-5-2)24-16-20(26)17-27-23-15-9-14-22-21(23)13-8-6-7-12-18(3)25-22/h6-9,12,14-15,18-20,24-26H,4-5,10-11,13,16-17H2,1-3H3/b8-6-,12-7-. The Kier molecular flexibility index (Phi) is 9.43. The highest BCUT2D eigenvalue weighted by Gasteiger charge is 2.14. The van der Waals surface area contributed by atoms with Crippen LogP contribution in [0.25, 0.3) is 0 Å². The highest BCUT2D eigenvalue weighted by atomic mass is 16.5. The predicted octanol–water partition coefficient (Wildman–Crippen LogP) is 4.45. The Balaban J connectivity index is 1.93. The van der Waals surface area contributed by atoms with E-state index in [0.29, 0.717) is 19.2 Å². The molecule has 4 nitrogen and oxygen atoms in total. The van der Waals surface area contributed by atoms with Crippen molar-refractivity contribution in [1.29, 1.82) is 0 Å². The Bertz CT molecular complexity index is 606. The second-order valence-electron chi connectivity index (χ2n) is 7.38. The summed E-state index contributed by atoms with van der Waals surface area (Å²) in [5.74, 6) is 0.844. The van der Waals surface area contributed by atoms with E-state index in [1.165, 1.54) is 0 Å². The number of aliphatic hydroxyl groups is 1. The van der Waals surface area contributed by atoms with Crippen LogP contribution in [0.4, 0.5) is 5.69 Å². The number of fused-ring (bicyclic) bond motifs is 1. The van der Waals surface area contributed by atoms with Gasteiger partial charge in [0.15, 0.2) is 0 Å². The highest BCUT2D eigenvalue weighted by molar-refractivity contribution is 5.59. The van der Waals surface area contributed by atoms with E-state index in [2.05, 4.69) is 61.8 Å². The highest BCUT2D eigenvalue weighted by Crippen LogP contribution is 2.29. The second kappa shape index (κ2) is 11.8. The lowest BCUT2D eigenvalue weighted by Gasteiger charge is -2.21. The summed E-state index contributed by atoms with van der Waals surface area (Å²) >= 11 is 0. The number of allylic oxidation sites excluding steroid dienone is 3. The molecule has 1 aliphatic rings. The first-order valence-electron chi connectivity index (χ1n) is 10.4. The number of ether oxygens (including phenoxy) is 1. The lowest BCUT2D eigenvalue weighted by atomic mass is 10.1. The fourth-order valence-corrected chi connectivity index (χ4v) is 3.43. The van der Waals surface area contributed by atoms with Gasteiger partial charge in [0.05, 0.1) is 0 Å². The van der Waals surface area contributed by atoms with E-state index in [-0.39, 0.29) is 6.04 Å². The zero-order valence-corrected chi connectivity index (χ0v) is 17.1. The van der Waals surface area contributed by atoms with Gasteiger partial charge in [-0.1, -0.05) is 57.1 Å². The Morgan fingerprint density at radius 2 is 2.00 bits per heavy atom. The van der Waals surface area contributed by atoms with Gasteiger partial charge in [0.1, 0.15) is 18.5 Å². The molecule has 1 heterocycles. The molecule has 3 N–H and O–H groups in total. The van der Waals surface area contributed by atoms with Crippen molar-refractivity contribution in [2.75, 3.05) is 18.5 Å². The van der Waals surface area contributed by atoms with Crippen LogP contribution in [0.3, 0.4) is 0 Å². The van der Waals surface area contributed by atoms with E-state index >= 15 is 0 Å². The Morgan fingerprint density at radius 3 is 2.74 bits per heavy atom. The number of aliphatic hydroxyl groups excluding tert-OH is 1. The largest absolute Gasteiger partial charge is 0.490 e. The van der Waals surface area contributed by atoms with Crippen LogP contribution in [0.1, 0.15) is 52.0 Å². The number of rotatable bonds is 10. The molecular formula is C23H36N2O2. The van der Waals surface area contributed by atoms with Gasteiger partial charge < -0.3 is 20.5 Å². The van der Waals surface area contributed by atoms with Crippen LogP contribution in [-0.2, 0) is 6.42 Å². The number of benzene rings is 1. The minimum absolute atomic E-state index is 0.255. The van der Waals surface area contributed by atoms with Gasteiger partial charge in [-0.3, -0.25) is 0 Å². The van der Waals surface area contributed by atoms with E-state index in [1.54, 1.807) is 0 Å². The van der Waals surface area contributed by atoms with Crippen molar-refractivity contribution in [1.82, 2.24) is 5.32 Å². The molecule has 0 saturated carbocycles. The quantitative estimate of drug-likeness (QED) is 0.568. The number of anilines is 1. The summed E-state index contributed by atoms with van der Waals surface area (Å²) in [6, 6.07) is 6.82. The third-order valence-electron chi connectivity index (χ3n) is 4.83. The molecule has 0 aromatic heterocycles. The van der Waals surface area contributed by atoms with Crippen molar-refractivity contribution in [2.45, 2.75) is 71.1 Å². The van der Waals surface area contributed by atoms with E-state index < -0.39 is 6.10 Å². The maximum Gasteiger partial charge on any atom is 0.125 e. The third-order valence-corrected chi connectivity index (χ3v) is 4.83. The summed E-state index contributed by atoms with van der Waals surface area (Å²) in [7, 11) is 0. The first kappa shape index (κ1) is 21.5. The molecule has 0 spiro atoms. The molecule has 0 fully saturated rings. The summed E-state index contributed by atoms with van der Waals surface area (Å²) in [5, 5.41) is 17.4. The second-order valence-corrected chi connectivity index (χ2v) is 7.38. The van der Waals surface area contributed by atoms with E-state index in [4.69, 9.17) is 4.74 Å². The fraction of sp³-hybridized carbons (Fsp3) is 0.565. The van der Waals surface area contributed by atoms with Crippen LogP contribution in [0.2, 0.25) is 0 Å². The zero-order valence-electron chi connectivity index (χ0n) is 17.1. The van der Waals surface area contributed by atoms with Crippen molar-refractivity contribution in [2.24, 2.45) is 0 Å². The van der Waals surface area contributed by atoms with Gasteiger partial charge in [-0.15, -0.1) is 0 Å². The molecule has 0 amide bonds. The lowest BCUT2D eigenvalue weighted by Crippen LogP contribution is -2.38. The predicted molar refractivity (Wildman–Crippen MR) is 115 cm³/mol. The molecular weight excluding hydrogens is 336 g/mol. The third kappa shape index (κ3) is 7.39. The first-order valence-corrected chi connectivity index (χ1v) is 10.4. The lowest BCUT2D eigenvalue weighted by molar-refractivity contribution is 0.102. The molecule has 0 radical (unpaired) electrons. The van der Waals surface area contributed by atoms with Crippen molar-refractivity contribution in [3.05, 3.63) is 48.1 Å². The first-order chi connectivity index (χ1) is 13.1. The molecule has 0 saturated heterocycles. The summed E-state index contributed by atoms with van der Waals surface area (Å²) in [6.07, 6.45) is 13.3. The van der Waals surface area contributed by atoms with Gasteiger partial charge in [0.2, 0.25) is 0 Å². The summed E-state index contributed by atoms with van der Waals surface area (Å²) in [6.45, 7) is 7.40. The molecule has 1 aliphatic heterocycles. The number of nitrogens with one attached hydrogen (secondary N) is 2. The molecule has 0 aliphatic carbocycles. The molecule has 2 rings (SSSR count). The Labute approximate surface area is 164 Å². The topological polar surface area (TPSA) is 53.5 Å². The zero-order chi connectivity index (χ0) is 19.5. The molecule has 4 heteroatoms. The van der Waals surface area contributed by atoms with Crippen LogP contribution in [0.5, 0.6) is 5.75 Å². The van der Waals surface area contributed by atoms with Gasteiger partial charge in [0, 0.05) is 29.9 Å². The smallest absolute Gasteiger partial charge is 0.125 e. The number of hydrogen-bond donors (Lipinski definition) is 3. The maximum atomic E-state index is 10.4. The summed E-state index contributed by atoms with van der Waals surface area (Å²) in [5.41, 5.74) is 2.23. The average molecular weight is 373 g/mol. The molecule has 150 valence electrons. The van der Waals surface area contributed by atoms with Gasteiger partial charge in [0.25, 0.3) is 0 Å². The fourth-order valence-electron chi connectivity index (χ4n) is 3.43. The van der Waals surface area contributed by atoms with Crippen LogP contribution in [-0.4, -0.2) is 36.4 Å². The molecule has 2 atom stereocenters. The maximum absolute atomic E-state index is 10.4. The van der Waals surface area contributed by atoms with Gasteiger partial charge >= 0.3 is 0 Å². The number of hydrogen-bond acceptors (Lipinski definition) is 4. The van der Waals surface area contributed by atoms with Gasteiger partial charge in [-0.2, -0.15) is 0 Å². The van der Waals surface area contributed by atoms with E-state index in [0.717, 1.165) is 49.1 Å². The molecule has 1 aromatic rings. The van der Waals surface area contributed by atoms with Crippen molar-refractivity contribution < 1.29 is 9.84 Å². The van der Waals surface area contributed by atoms with Crippen LogP contribution >= 0.6 is 0 Å². The Morgan fingerprint density at radius 1 is 1.22 bits per heavy atom. The van der Waals surface area contributed by atoms with Gasteiger partial charge in [-0.05, 0) is 38.3 Å². The monoisotopic (exact) mass is 372 g/mol. The minimum atomic E-state index is -0.516. The van der Waals surface area contributed by atoms with Crippen molar-refractivity contribution in [3.8, 4) is 5.75 Å². The Hall–Kier alpha value is -1.78.